The number of thiazole rings is 1. The van der Waals surface area contributed by atoms with Crippen LogP contribution in [-0.2, 0) is 0 Å². The Morgan fingerprint density at radius 2 is 2.25 bits per heavy atom. The predicted octanol–water partition coefficient (Wildman–Crippen LogP) is 3.79. The maximum absolute atomic E-state index is 12.3. The zero-order chi connectivity index (χ0) is 13.5. The quantitative estimate of drug-likeness (QED) is 0.937. The molecule has 2 aliphatic carbocycles. The zero-order valence-corrected chi connectivity index (χ0v) is 12.7. The van der Waals surface area contributed by atoms with Gasteiger partial charge in [0.1, 0.15) is 10.7 Å². The van der Waals surface area contributed by atoms with Crippen molar-refractivity contribution in [2.24, 2.45) is 11.8 Å². The van der Waals surface area contributed by atoms with Crippen molar-refractivity contribution in [2.45, 2.75) is 31.7 Å². The maximum Gasteiger partial charge on any atom is 0.271 e. The third-order valence-electron chi connectivity index (χ3n) is 4.56. The standard InChI is InChI=1S/C15H16N2OS2/c18-14(16-12-6-9-1-2-10(12)5-9)13-8-20-15(17-13)11-3-4-19-7-11/h3-4,7-10,12H,1-2,5-6H2,(H,16,18)/t9-,10+,12-/m1/s1. The molecule has 3 nitrogen and oxygen atoms in total. The van der Waals surface area contributed by atoms with Gasteiger partial charge in [-0.3, -0.25) is 4.79 Å². The molecule has 1 amide bonds. The van der Waals surface area contributed by atoms with E-state index in [4.69, 9.17) is 0 Å². The first kappa shape index (κ1) is 12.5. The lowest BCUT2D eigenvalue weighted by atomic mass is 9.95. The highest BCUT2D eigenvalue weighted by Gasteiger charge is 2.40. The molecular formula is C15H16N2OS2. The number of nitrogens with one attached hydrogen (secondary N) is 1. The lowest BCUT2D eigenvalue weighted by Gasteiger charge is -2.22. The molecule has 0 radical (unpaired) electrons. The fraction of sp³-hybridized carbons (Fsp3) is 0.467. The summed E-state index contributed by atoms with van der Waals surface area (Å²) in [5.41, 5.74) is 1.68. The first-order valence-corrected chi connectivity index (χ1v) is 8.91. The number of amides is 1. The van der Waals surface area contributed by atoms with Gasteiger partial charge < -0.3 is 5.32 Å². The predicted molar refractivity (Wildman–Crippen MR) is 82.1 cm³/mol. The highest BCUT2D eigenvalue weighted by atomic mass is 32.1. The van der Waals surface area contributed by atoms with Crippen LogP contribution in [0.2, 0.25) is 0 Å². The highest BCUT2D eigenvalue weighted by Crippen LogP contribution is 2.44. The summed E-state index contributed by atoms with van der Waals surface area (Å²) in [6.07, 6.45) is 5.11. The largest absolute Gasteiger partial charge is 0.348 e. The molecule has 2 saturated carbocycles. The van der Waals surface area contributed by atoms with E-state index in [0.717, 1.165) is 22.9 Å². The van der Waals surface area contributed by atoms with E-state index in [1.807, 2.05) is 16.8 Å². The van der Waals surface area contributed by atoms with Crippen molar-refractivity contribution in [1.29, 1.82) is 0 Å². The number of fused-ring (bicyclic) bond motifs is 2. The fourth-order valence-electron chi connectivity index (χ4n) is 3.56. The van der Waals surface area contributed by atoms with Gasteiger partial charge in [0.2, 0.25) is 0 Å². The molecule has 3 atom stereocenters. The van der Waals surface area contributed by atoms with E-state index in [9.17, 15) is 4.79 Å². The fourth-order valence-corrected chi connectivity index (χ4v) is 5.07. The van der Waals surface area contributed by atoms with Gasteiger partial charge in [0.05, 0.1) is 0 Å². The smallest absolute Gasteiger partial charge is 0.271 e. The van der Waals surface area contributed by atoms with Crippen LogP contribution in [0.25, 0.3) is 10.6 Å². The van der Waals surface area contributed by atoms with Crippen LogP contribution >= 0.6 is 22.7 Å². The summed E-state index contributed by atoms with van der Waals surface area (Å²) in [5, 5.41) is 10.1. The molecule has 2 fully saturated rings. The average molecular weight is 304 g/mol. The molecule has 20 heavy (non-hydrogen) atoms. The second kappa shape index (κ2) is 4.97. The SMILES string of the molecule is O=C(N[C@@H]1C[C@@H]2CC[C@H]1C2)c1csc(-c2ccsc2)n1. The van der Waals surface area contributed by atoms with E-state index in [2.05, 4.69) is 15.7 Å². The number of thiophene rings is 1. The van der Waals surface area contributed by atoms with Gasteiger partial charge in [-0.25, -0.2) is 4.98 Å². The summed E-state index contributed by atoms with van der Waals surface area (Å²) >= 11 is 3.20. The Labute approximate surface area is 126 Å². The van der Waals surface area contributed by atoms with Gasteiger partial charge in [-0.05, 0) is 42.5 Å². The number of hydrogen-bond acceptors (Lipinski definition) is 4. The average Bonchev–Trinajstić information content (AvgIpc) is 3.21. The monoisotopic (exact) mass is 304 g/mol. The third-order valence-corrected chi connectivity index (χ3v) is 6.13. The molecule has 2 bridgehead atoms. The van der Waals surface area contributed by atoms with Gasteiger partial charge in [-0.2, -0.15) is 11.3 Å². The molecule has 2 aliphatic rings. The third kappa shape index (κ3) is 2.19. The van der Waals surface area contributed by atoms with Crippen molar-refractivity contribution in [2.75, 3.05) is 0 Å². The van der Waals surface area contributed by atoms with Gasteiger partial charge in [0.25, 0.3) is 5.91 Å². The molecule has 2 aromatic rings. The van der Waals surface area contributed by atoms with Crippen LogP contribution in [0, 0.1) is 11.8 Å². The van der Waals surface area contributed by atoms with Crippen LogP contribution in [0.3, 0.4) is 0 Å². The maximum atomic E-state index is 12.3. The molecule has 0 spiro atoms. The normalized spacial score (nSPS) is 27.9. The summed E-state index contributed by atoms with van der Waals surface area (Å²) in [5.74, 6) is 1.56. The van der Waals surface area contributed by atoms with Gasteiger partial charge in [-0.15, -0.1) is 11.3 Å². The summed E-state index contributed by atoms with van der Waals surface area (Å²) in [6, 6.07) is 2.42. The summed E-state index contributed by atoms with van der Waals surface area (Å²) in [4.78, 5) is 16.8. The molecule has 2 aromatic heterocycles. The van der Waals surface area contributed by atoms with E-state index in [1.165, 1.54) is 19.3 Å². The van der Waals surface area contributed by atoms with E-state index < -0.39 is 0 Å². The van der Waals surface area contributed by atoms with Crippen molar-refractivity contribution < 1.29 is 4.79 Å². The Bertz CT molecular complexity index is 620. The molecule has 104 valence electrons. The van der Waals surface area contributed by atoms with Gasteiger partial charge in [0.15, 0.2) is 0 Å². The van der Waals surface area contributed by atoms with Crippen molar-refractivity contribution in [3.05, 3.63) is 27.9 Å². The van der Waals surface area contributed by atoms with Crippen LogP contribution < -0.4 is 5.32 Å². The summed E-state index contributed by atoms with van der Waals surface area (Å²) in [6.45, 7) is 0. The number of hydrogen-bond donors (Lipinski definition) is 1. The second-order valence-electron chi connectivity index (χ2n) is 5.80. The minimum Gasteiger partial charge on any atom is -0.348 e. The minimum absolute atomic E-state index is 0.000259. The second-order valence-corrected chi connectivity index (χ2v) is 7.44. The topological polar surface area (TPSA) is 42.0 Å². The van der Waals surface area contributed by atoms with Crippen molar-refractivity contribution in [1.82, 2.24) is 10.3 Å². The van der Waals surface area contributed by atoms with E-state index >= 15 is 0 Å². The molecule has 0 aromatic carbocycles. The van der Waals surface area contributed by atoms with Crippen molar-refractivity contribution >= 4 is 28.6 Å². The first-order chi connectivity index (χ1) is 9.79. The van der Waals surface area contributed by atoms with Crippen LogP contribution in [-0.4, -0.2) is 16.9 Å². The number of carbonyl (C=O) groups excluding carboxylic acids is 1. The number of carbonyl (C=O) groups is 1. The Hall–Kier alpha value is -1.20. The molecule has 4 rings (SSSR count). The van der Waals surface area contributed by atoms with Crippen LogP contribution in [0.15, 0.2) is 22.2 Å². The minimum atomic E-state index is 0.000259. The van der Waals surface area contributed by atoms with Crippen LogP contribution in [0.5, 0.6) is 0 Å². The first-order valence-electron chi connectivity index (χ1n) is 7.08. The lowest BCUT2D eigenvalue weighted by molar-refractivity contribution is 0.0918. The number of nitrogens with zero attached hydrogens (tertiary/aromatic N) is 1. The molecule has 5 heteroatoms. The van der Waals surface area contributed by atoms with Crippen LogP contribution in [0.4, 0.5) is 0 Å². The summed E-state index contributed by atoms with van der Waals surface area (Å²) < 4.78 is 0. The molecular weight excluding hydrogens is 288 g/mol. The molecule has 0 aliphatic heterocycles. The van der Waals surface area contributed by atoms with Gasteiger partial charge in [-0.1, -0.05) is 6.42 Å². The van der Waals surface area contributed by atoms with Crippen LogP contribution in [0.1, 0.15) is 36.2 Å². The highest BCUT2D eigenvalue weighted by molar-refractivity contribution is 7.14. The zero-order valence-electron chi connectivity index (χ0n) is 11.0. The molecule has 0 unspecified atom stereocenters. The Morgan fingerprint density at radius 1 is 1.30 bits per heavy atom. The van der Waals surface area contributed by atoms with E-state index in [1.54, 1.807) is 22.7 Å². The van der Waals surface area contributed by atoms with E-state index in [-0.39, 0.29) is 5.91 Å². The molecule has 0 saturated heterocycles. The van der Waals surface area contributed by atoms with Crippen molar-refractivity contribution in [3.63, 3.8) is 0 Å². The van der Waals surface area contributed by atoms with Gasteiger partial charge >= 0.3 is 0 Å². The van der Waals surface area contributed by atoms with E-state index in [0.29, 0.717) is 17.7 Å². The summed E-state index contributed by atoms with van der Waals surface area (Å²) in [7, 11) is 0. The lowest BCUT2D eigenvalue weighted by Crippen LogP contribution is -2.38. The Kier molecular flexibility index (Phi) is 3.11. The Balaban J connectivity index is 1.46. The number of rotatable bonds is 3. The van der Waals surface area contributed by atoms with Gasteiger partial charge in [0, 0.05) is 22.4 Å². The molecule has 1 N–H and O–H groups in total. The van der Waals surface area contributed by atoms with Crippen molar-refractivity contribution in [3.8, 4) is 10.6 Å². The number of aromatic nitrogens is 1. The molecule has 2 heterocycles. The Morgan fingerprint density at radius 3 is 2.95 bits per heavy atom.